The molecule has 1 saturated heterocycles. The van der Waals surface area contributed by atoms with E-state index in [-0.39, 0.29) is 11.8 Å². The van der Waals surface area contributed by atoms with Gasteiger partial charge in [-0.2, -0.15) is 0 Å². The standard InChI is InChI=1S/C22H26N2O3S/c1-14-3-6-16(7-4-14)20(25)23-21-19(22(26)24-9-11-27-12-10-24)17-8-5-15(2)13-18(17)28-21/h3-4,6-7,15H,5,8-13H2,1-2H3,(H,23,25). The molecule has 0 radical (unpaired) electrons. The van der Waals surface area contributed by atoms with Gasteiger partial charge in [0, 0.05) is 23.5 Å². The van der Waals surface area contributed by atoms with Gasteiger partial charge in [-0.1, -0.05) is 24.6 Å². The smallest absolute Gasteiger partial charge is 0.257 e. The van der Waals surface area contributed by atoms with Crippen LogP contribution in [0.4, 0.5) is 5.00 Å². The second-order valence-electron chi connectivity index (χ2n) is 7.78. The summed E-state index contributed by atoms with van der Waals surface area (Å²) in [5.41, 5.74) is 3.56. The van der Waals surface area contributed by atoms with E-state index in [9.17, 15) is 9.59 Å². The van der Waals surface area contributed by atoms with Crippen molar-refractivity contribution in [3.63, 3.8) is 0 Å². The van der Waals surface area contributed by atoms with Crippen molar-refractivity contribution >= 4 is 28.2 Å². The number of hydrogen-bond donors (Lipinski definition) is 1. The maximum atomic E-state index is 13.3. The van der Waals surface area contributed by atoms with Gasteiger partial charge in [-0.25, -0.2) is 0 Å². The Balaban J connectivity index is 1.66. The predicted octanol–water partition coefficient (Wildman–Crippen LogP) is 3.91. The number of hydrogen-bond acceptors (Lipinski definition) is 4. The van der Waals surface area contributed by atoms with E-state index in [1.165, 1.54) is 4.88 Å². The number of ether oxygens (including phenoxy) is 1. The van der Waals surface area contributed by atoms with Crippen LogP contribution in [0.2, 0.25) is 0 Å². The highest BCUT2D eigenvalue weighted by atomic mass is 32.1. The molecule has 1 aliphatic heterocycles. The lowest BCUT2D eigenvalue weighted by Crippen LogP contribution is -2.41. The van der Waals surface area contributed by atoms with Crippen LogP contribution in [0, 0.1) is 12.8 Å². The van der Waals surface area contributed by atoms with Crippen LogP contribution >= 0.6 is 11.3 Å². The Morgan fingerprint density at radius 3 is 2.61 bits per heavy atom. The summed E-state index contributed by atoms with van der Waals surface area (Å²) in [4.78, 5) is 29.2. The number of anilines is 1. The van der Waals surface area contributed by atoms with E-state index in [0.717, 1.165) is 30.4 Å². The first-order valence-corrected chi connectivity index (χ1v) is 10.7. The van der Waals surface area contributed by atoms with E-state index in [4.69, 9.17) is 4.74 Å². The third-order valence-corrected chi connectivity index (χ3v) is 6.73. The second-order valence-corrected chi connectivity index (χ2v) is 8.89. The van der Waals surface area contributed by atoms with E-state index < -0.39 is 0 Å². The van der Waals surface area contributed by atoms with Crippen LogP contribution in [0.3, 0.4) is 0 Å². The van der Waals surface area contributed by atoms with Gasteiger partial charge in [0.05, 0.1) is 18.8 Å². The molecule has 1 unspecified atom stereocenters. The van der Waals surface area contributed by atoms with Crippen LogP contribution < -0.4 is 5.32 Å². The molecular weight excluding hydrogens is 372 g/mol. The first-order chi connectivity index (χ1) is 13.5. The molecule has 6 heteroatoms. The van der Waals surface area contributed by atoms with E-state index in [1.807, 2.05) is 36.1 Å². The summed E-state index contributed by atoms with van der Waals surface area (Å²) in [7, 11) is 0. The molecule has 2 aromatic rings. The van der Waals surface area contributed by atoms with E-state index >= 15 is 0 Å². The molecule has 2 heterocycles. The van der Waals surface area contributed by atoms with Crippen LogP contribution in [-0.4, -0.2) is 43.0 Å². The molecule has 1 fully saturated rings. The van der Waals surface area contributed by atoms with E-state index in [0.29, 0.717) is 48.3 Å². The summed E-state index contributed by atoms with van der Waals surface area (Å²) in [6.07, 6.45) is 2.96. The highest BCUT2D eigenvalue weighted by molar-refractivity contribution is 7.17. The molecule has 5 nitrogen and oxygen atoms in total. The molecule has 1 aliphatic carbocycles. The lowest BCUT2D eigenvalue weighted by molar-refractivity contribution is 0.0303. The zero-order chi connectivity index (χ0) is 19.7. The van der Waals surface area contributed by atoms with Gasteiger partial charge in [0.1, 0.15) is 5.00 Å². The molecule has 2 aliphatic rings. The molecule has 4 rings (SSSR count). The molecular formula is C22H26N2O3S. The van der Waals surface area contributed by atoms with Gasteiger partial charge >= 0.3 is 0 Å². The number of aryl methyl sites for hydroxylation is 1. The summed E-state index contributed by atoms with van der Waals surface area (Å²) in [5, 5.41) is 3.73. The zero-order valence-electron chi connectivity index (χ0n) is 16.4. The lowest BCUT2D eigenvalue weighted by Gasteiger charge is -2.28. The second kappa shape index (κ2) is 8.05. The number of rotatable bonds is 3. The molecule has 1 atom stereocenters. The van der Waals surface area contributed by atoms with Crippen molar-refractivity contribution < 1.29 is 14.3 Å². The van der Waals surface area contributed by atoms with Crippen LogP contribution in [0.5, 0.6) is 0 Å². The average Bonchev–Trinajstić information content (AvgIpc) is 3.05. The summed E-state index contributed by atoms with van der Waals surface area (Å²) >= 11 is 1.57. The maximum absolute atomic E-state index is 13.3. The highest BCUT2D eigenvalue weighted by Gasteiger charge is 2.31. The van der Waals surface area contributed by atoms with Gasteiger partial charge in [-0.15, -0.1) is 11.3 Å². The monoisotopic (exact) mass is 398 g/mol. The minimum Gasteiger partial charge on any atom is -0.378 e. The minimum absolute atomic E-state index is 0.0227. The van der Waals surface area contributed by atoms with Crippen molar-refractivity contribution in [2.45, 2.75) is 33.1 Å². The van der Waals surface area contributed by atoms with Crippen LogP contribution in [0.25, 0.3) is 0 Å². The molecule has 1 N–H and O–H groups in total. The Hall–Kier alpha value is -2.18. The van der Waals surface area contributed by atoms with Crippen molar-refractivity contribution in [1.82, 2.24) is 4.90 Å². The molecule has 1 aromatic carbocycles. The molecule has 0 bridgehead atoms. The number of amides is 2. The number of carbonyl (C=O) groups excluding carboxylic acids is 2. The Kier molecular flexibility index (Phi) is 5.51. The van der Waals surface area contributed by atoms with E-state index in [2.05, 4.69) is 12.2 Å². The quantitative estimate of drug-likeness (QED) is 0.853. The molecule has 2 amide bonds. The Bertz CT molecular complexity index is 882. The number of nitrogens with one attached hydrogen (secondary N) is 1. The SMILES string of the molecule is Cc1ccc(C(=O)Nc2sc3c(c2C(=O)N2CCOCC2)CCC(C)C3)cc1. The predicted molar refractivity (Wildman–Crippen MR) is 111 cm³/mol. The van der Waals surface area contributed by atoms with Crippen LogP contribution in [0.15, 0.2) is 24.3 Å². The van der Waals surface area contributed by atoms with Gasteiger partial charge < -0.3 is 15.0 Å². The largest absolute Gasteiger partial charge is 0.378 e. The van der Waals surface area contributed by atoms with Gasteiger partial charge in [-0.05, 0) is 49.8 Å². The van der Waals surface area contributed by atoms with Crippen molar-refractivity contribution in [1.29, 1.82) is 0 Å². The van der Waals surface area contributed by atoms with Crippen LogP contribution in [-0.2, 0) is 17.6 Å². The van der Waals surface area contributed by atoms with Crippen molar-refractivity contribution in [2.24, 2.45) is 5.92 Å². The number of morpholine rings is 1. The minimum atomic E-state index is -0.164. The number of benzene rings is 1. The van der Waals surface area contributed by atoms with Gasteiger partial charge in [0.15, 0.2) is 0 Å². The molecule has 0 saturated carbocycles. The topological polar surface area (TPSA) is 58.6 Å². The third kappa shape index (κ3) is 3.84. The molecule has 1 aromatic heterocycles. The molecule has 0 spiro atoms. The molecule has 148 valence electrons. The fourth-order valence-corrected chi connectivity index (χ4v) is 5.27. The summed E-state index contributed by atoms with van der Waals surface area (Å²) < 4.78 is 5.40. The number of nitrogens with zero attached hydrogens (tertiary/aromatic N) is 1. The van der Waals surface area contributed by atoms with Crippen molar-refractivity contribution in [2.75, 3.05) is 31.6 Å². The zero-order valence-corrected chi connectivity index (χ0v) is 17.2. The van der Waals surface area contributed by atoms with Gasteiger partial charge in [0.25, 0.3) is 11.8 Å². The third-order valence-electron chi connectivity index (χ3n) is 5.56. The first kappa shape index (κ1) is 19.2. The van der Waals surface area contributed by atoms with Crippen molar-refractivity contribution in [3.8, 4) is 0 Å². The summed E-state index contributed by atoms with van der Waals surface area (Å²) in [6, 6.07) is 7.50. The van der Waals surface area contributed by atoms with E-state index in [1.54, 1.807) is 11.3 Å². The van der Waals surface area contributed by atoms with Crippen LogP contribution in [0.1, 0.15) is 50.1 Å². The highest BCUT2D eigenvalue weighted by Crippen LogP contribution is 2.40. The Morgan fingerprint density at radius 1 is 1.18 bits per heavy atom. The number of carbonyl (C=O) groups is 2. The summed E-state index contributed by atoms with van der Waals surface area (Å²) in [6.45, 7) is 6.59. The van der Waals surface area contributed by atoms with Gasteiger partial charge in [0.2, 0.25) is 0 Å². The lowest BCUT2D eigenvalue weighted by atomic mass is 9.88. The van der Waals surface area contributed by atoms with Gasteiger partial charge in [-0.3, -0.25) is 9.59 Å². The maximum Gasteiger partial charge on any atom is 0.257 e. The number of fused-ring (bicyclic) bond motifs is 1. The fourth-order valence-electron chi connectivity index (χ4n) is 3.87. The fraction of sp³-hybridized carbons (Fsp3) is 0.455. The average molecular weight is 399 g/mol. The normalized spacial score (nSPS) is 19.2. The number of thiophene rings is 1. The Labute approximate surface area is 169 Å². The molecule has 28 heavy (non-hydrogen) atoms. The Morgan fingerprint density at radius 2 is 1.89 bits per heavy atom. The summed E-state index contributed by atoms with van der Waals surface area (Å²) in [5.74, 6) is 0.468. The first-order valence-electron chi connectivity index (χ1n) is 9.92. The van der Waals surface area contributed by atoms with Crippen molar-refractivity contribution in [3.05, 3.63) is 51.4 Å².